The average Bonchev–Trinajstić information content (AvgIpc) is 1.59. The SMILES string of the molecule is C[SiH](C)[NH+]([SiH](C)C)[SiH](C)C. The fraction of sp³-hybridized carbons (Fsp3) is 1.00. The Labute approximate surface area is 70.5 Å². The molecule has 62 valence electrons. The first kappa shape index (κ1) is 10.6. The minimum Gasteiger partial charge on any atom is -0.526 e. The standard InChI is InChI=1S/C6H22NSi3/c1-8(2)7(9(3)4)10(5)6/h7-10H,1-6H3/q+1. The lowest BCUT2D eigenvalue weighted by atomic mass is 11.9. The molecular weight excluding hydrogens is 170 g/mol. The highest BCUT2D eigenvalue weighted by atomic mass is 28.4. The Kier molecular flexibility index (Phi) is 4.75. The third-order valence-corrected chi connectivity index (χ3v) is 18.0. The Morgan fingerprint density at radius 3 is 0.800 bits per heavy atom. The van der Waals surface area contributed by atoms with Gasteiger partial charge in [0, 0.05) is 0 Å². The largest absolute Gasteiger partial charge is 0.526 e. The zero-order chi connectivity index (χ0) is 8.31. The summed E-state index contributed by atoms with van der Waals surface area (Å²) in [7, 11) is -1.08. The molecule has 0 aromatic carbocycles. The zero-order valence-electron chi connectivity index (χ0n) is 8.23. The highest BCUT2D eigenvalue weighted by Gasteiger charge is 2.22. The van der Waals surface area contributed by atoms with Crippen molar-refractivity contribution in [3.63, 3.8) is 0 Å². The van der Waals surface area contributed by atoms with Crippen LogP contribution in [0.4, 0.5) is 0 Å². The Balaban J connectivity index is 3.98. The second-order valence-corrected chi connectivity index (χ2v) is 14.9. The van der Waals surface area contributed by atoms with Crippen molar-refractivity contribution in [2.75, 3.05) is 0 Å². The molecule has 0 radical (unpaired) electrons. The molecule has 0 saturated carbocycles. The smallest absolute Gasteiger partial charge is 0.228 e. The topological polar surface area (TPSA) is 4.44 Å². The summed E-state index contributed by atoms with van der Waals surface area (Å²) in [5.74, 6) is 0. The predicted molar refractivity (Wildman–Crippen MR) is 57.6 cm³/mol. The molecule has 0 bridgehead atoms. The van der Waals surface area contributed by atoms with Crippen molar-refractivity contribution in [3.05, 3.63) is 0 Å². The molecule has 0 spiro atoms. The van der Waals surface area contributed by atoms with Gasteiger partial charge in [0.05, 0.1) is 0 Å². The van der Waals surface area contributed by atoms with Crippen LogP contribution in [0.25, 0.3) is 0 Å². The van der Waals surface area contributed by atoms with Crippen LogP contribution in [0.15, 0.2) is 0 Å². The first-order valence-electron chi connectivity index (χ1n) is 4.33. The van der Waals surface area contributed by atoms with E-state index in [0.717, 1.165) is 0 Å². The van der Waals surface area contributed by atoms with E-state index < -0.39 is 0 Å². The Morgan fingerprint density at radius 2 is 0.800 bits per heavy atom. The summed E-state index contributed by atoms with van der Waals surface area (Å²) in [4.78, 5) is 0. The van der Waals surface area contributed by atoms with Crippen molar-refractivity contribution in [1.82, 2.24) is 0 Å². The fourth-order valence-corrected chi connectivity index (χ4v) is 18.0. The van der Waals surface area contributed by atoms with Gasteiger partial charge >= 0.3 is 0 Å². The van der Waals surface area contributed by atoms with Gasteiger partial charge in [-0.1, -0.05) is 0 Å². The minimum absolute atomic E-state index is 0.361. The van der Waals surface area contributed by atoms with Gasteiger partial charge in [0.1, 0.15) is 0 Å². The highest BCUT2D eigenvalue weighted by Crippen LogP contribution is 1.75. The summed E-state index contributed by atoms with van der Waals surface area (Å²) in [6.45, 7) is 15.0. The average molecular weight is 193 g/mol. The van der Waals surface area contributed by atoms with Crippen molar-refractivity contribution >= 4 is 26.9 Å². The van der Waals surface area contributed by atoms with E-state index in [4.69, 9.17) is 0 Å². The maximum atomic E-state index is 2.50. The molecule has 0 fully saturated rings. The molecule has 1 nitrogen and oxygen atoms in total. The van der Waals surface area contributed by atoms with E-state index in [1.54, 1.807) is 0 Å². The summed E-state index contributed by atoms with van der Waals surface area (Å²) in [6, 6.07) is 0. The van der Waals surface area contributed by atoms with E-state index in [1.807, 2.05) is 0 Å². The second-order valence-electron chi connectivity index (χ2n) is 3.96. The van der Waals surface area contributed by atoms with Crippen LogP contribution in [0, 0.1) is 0 Å². The fourth-order valence-electron chi connectivity index (χ4n) is 2.00. The van der Waals surface area contributed by atoms with Crippen LogP contribution in [-0.2, 0) is 0 Å². The molecule has 0 aliphatic rings. The van der Waals surface area contributed by atoms with Gasteiger partial charge in [-0.15, -0.1) is 0 Å². The number of quaternary nitrogens is 1. The lowest BCUT2D eigenvalue weighted by molar-refractivity contribution is -0.529. The maximum absolute atomic E-state index is 2.50. The van der Waals surface area contributed by atoms with Crippen LogP contribution < -0.4 is 3.90 Å². The quantitative estimate of drug-likeness (QED) is 0.592. The number of hydrogen-bond acceptors (Lipinski definition) is 0. The van der Waals surface area contributed by atoms with Gasteiger partial charge < -0.3 is 3.90 Å². The Hall–Kier alpha value is 0.611. The summed E-state index contributed by atoms with van der Waals surface area (Å²) in [5.41, 5.74) is 0. The summed E-state index contributed by atoms with van der Waals surface area (Å²) in [6.07, 6.45) is 0. The van der Waals surface area contributed by atoms with Crippen LogP contribution in [0.5, 0.6) is 0 Å². The summed E-state index contributed by atoms with van der Waals surface area (Å²) in [5, 5.41) is 0. The molecule has 10 heavy (non-hydrogen) atoms. The molecule has 0 aliphatic carbocycles. The number of nitrogens with one attached hydrogen (secondary N) is 1. The van der Waals surface area contributed by atoms with Crippen molar-refractivity contribution in [3.8, 4) is 0 Å². The first-order chi connectivity index (χ1) is 4.46. The monoisotopic (exact) mass is 192 g/mol. The van der Waals surface area contributed by atoms with Crippen molar-refractivity contribution in [2.45, 2.75) is 39.3 Å². The van der Waals surface area contributed by atoms with Gasteiger partial charge in [0.2, 0.25) is 26.9 Å². The molecule has 0 rings (SSSR count). The molecule has 0 aromatic heterocycles. The summed E-state index contributed by atoms with van der Waals surface area (Å²) >= 11 is 0. The minimum atomic E-state index is -0.361. The molecule has 0 saturated heterocycles. The molecular formula is C6H22NSi3+. The van der Waals surface area contributed by atoms with E-state index in [0.29, 0.717) is 0 Å². The molecule has 4 heteroatoms. The van der Waals surface area contributed by atoms with Crippen LogP contribution in [0.1, 0.15) is 0 Å². The van der Waals surface area contributed by atoms with Crippen molar-refractivity contribution in [1.29, 1.82) is 0 Å². The first-order valence-corrected chi connectivity index (χ1v) is 13.0. The van der Waals surface area contributed by atoms with Crippen LogP contribution >= 0.6 is 0 Å². The van der Waals surface area contributed by atoms with Gasteiger partial charge in [-0.25, -0.2) is 0 Å². The normalized spacial score (nSPS) is 12.6. The molecule has 0 atom stereocenters. The van der Waals surface area contributed by atoms with Crippen LogP contribution in [-0.4, -0.2) is 26.9 Å². The third kappa shape index (κ3) is 3.14. The second kappa shape index (κ2) is 4.48. The van der Waals surface area contributed by atoms with E-state index in [9.17, 15) is 0 Å². The van der Waals surface area contributed by atoms with Gasteiger partial charge in [0.25, 0.3) is 0 Å². The van der Waals surface area contributed by atoms with E-state index in [1.165, 1.54) is 0 Å². The van der Waals surface area contributed by atoms with Crippen molar-refractivity contribution in [2.24, 2.45) is 0 Å². The maximum Gasteiger partial charge on any atom is 0.228 e. The molecule has 1 N–H and O–H groups in total. The van der Waals surface area contributed by atoms with Gasteiger partial charge in [-0.3, -0.25) is 0 Å². The lowest BCUT2D eigenvalue weighted by Crippen LogP contribution is -3.25. The predicted octanol–water partition coefficient (Wildman–Crippen LogP) is -0.179. The van der Waals surface area contributed by atoms with Crippen LogP contribution in [0.2, 0.25) is 39.3 Å². The van der Waals surface area contributed by atoms with Gasteiger partial charge in [-0.2, -0.15) is 0 Å². The lowest BCUT2D eigenvalue weighted by Gasteiger charge is -2.32. The van der Waals surface area contributed by atoms with Crippen molar-refractivity contribution < 1.29 is 3.90 Å². The van der Waals surface area contributed by atoms with E-state index in [2.05, 4.69) is 43.2 Å². The molecule has 0 unspecified atom stereocenters. The molecule has 0 aliphatic heterocycles. The van der Waals surface area contributed by atoms with E-state index in [-0.39, 0.29) is 26.9 Å². The number of hydrogen-bond donors (Lipinski definition) is 1. The Morgan fingerprint density at radius 1 is 0.600 bits per heavy atom. The third-order valence-electron chi connectivity index (χ3n) is 2.00. The van der Waals surface area contributed by atoms with E-state index >= 15 is 0 Å². The highest BCUT2D eigenvalue weighted by molar-refractivity contribution is 6.71. The molecule has 0 amide bonds. The van der Waals surface area contributed by atoms with Gasteiger partial charge in [0.15, 0.2) is 0 Å². The summed E-state index contributed by atoms with van der Waals surface area (Å²) < 4.78 is 2.11. The molecule has 0 heterocycles. The number of rotatable bonds is 3. The van der Waals surface area contributed by atoms with Gasteiger partial charge in [-0.05, 0) is 39.3 Å². The Bertz CT molecular complexity index is 74.0. The van der Waals surface area contributed by atoms with Crippen LogP contribution in [0.3, 0.4) is 0 Å². The zero-order valence-corrected chi connectivity index (χ0v) is 11.7. The molecule has 0 aromatic rings.